The van der Waals surface area contributed by atoms with Gasteiger partial charge in [-0.2, -0.15) is 5.10 Å². The number of hydrogen-bond donors (Lipinski definition) is 0. The fraction of sp³-hybridized carbons (Fsp3) is 0.319. The van der Waals surface area contributed by atoms with Crippen molar-refractivity contribution in [2.24, 2.45) is 5.92 Å². The lowest BCUT2D eigenvalue weighted by atomic mass is 9.82. The average molecular weight is 689 g/mol. The monoisotopic (exact) mass is 688 g/mol. The molecule has 7 aromatic rings. The van der Waals surface area contributed by atoms with Crippen molar-refractivity contribution in [3.8, 4) is 34.1 Å². The molecule has 0 atom stereocenters. The van der Waals surface area contributed by atoms with Crippen LogP contribution in [-0.4, -0.2) is 19.3 Å². The molecule has 3 aromatic heterocycles. The highest BCUT2D eigenvalue weighted by Crippen LogP contribution is 2.39. The quantitative estimate of drug-likeness (QED) is 0.160. The van der Waals surface area contributed by atoms with Crippen LogP contribution in [0, 0.1) is 33.6 Å². The zero-order valence-electron chi connectivity index (χ0n) is 32.7. The molecular formula is C47H52N4O. The van der Waals surface area contributed by atoms with E-state index in [4.69, 9.17) is 14.8 Å². The molecule has 0 bridgehead atoms. The van der Waals surface area contributed by atoms with Crippen molar-refractivity contribution in [2.75, 3.05) is 0 Å². The van der Waals surface area contributed by atoms with Crippen molar-refractivity contribution in [3.05, 3.63) is 130 Å². The van der Waals surface area contributed by atoms with Crippen LogP contribution in [0.3, 0.4) is 0 Å². The summed E-state index contributed by atoms with van der Waals surface area (Å²) in [6.45, 7) is 24.6. The first-order valence-electron chi connectivity index (χ1n) is 18.7. The standard InChI is InChI=1S/C47H52N4O/c1-28(2)20-34-18-19-48-44(23-34)50-42-15-13-12-14-40(42)41-17-16-38(27-43(41)50)52-39-25-35(29(3)4)24-37(26-39)51-33(8)46(32(7)49-51)45-30(5)21-36(22-31(45)6)47(9,10)11/h12-19,21-29H,20H2,1-11H3. The van der Waals surface area contributed by atoms with Gasteiger partial charge in [-0.05, 0) is 127 Å². The Morgan fingerprint density at radius 1 is 0.712 bits per heavy atom. The molecule has 3 heterocycles. The third-order valence-electron chi connectivity index (χ3n) is 10.3. The van der Waals surface area contributed by atoms with Gasteiger partial charge >= 0.3 is 0 Å². The summed E-state index contributed by atoms with van der Waals surface area (Å²) < 4.78 is 11.1. The molecule has 0 saturated heterocycles. The Bertz CT molecular complexity index is 2430. The summed E-state index contributed by atoms with van der Waals surface area (Å²) in [4.78, 5) is 4.86. The number of aryl methyl sites for hydroxylation is 3. The second-order valence-electron chi connectivity index (χ2n) is 16.4. The molecule has 5 nitrogen and oxygen atoms in total. The third-order valence-corrected chi connectivity index (χ3v) is 10.3. The van der Waals surface area contributed by atoms with Crippen molar-refractivity contribution in [1.82, 2.24) is 19.3 Å². The lowest BCUT2D eigenvalue weighted by molar-refractivity contribution is 0.481. The van der Waals surface area contributed by atoms with Gasteiger partial charge < -0.3 is 4.74 Å². The van der Waals surface area contributed by atoms with Crippen molar-refractivity contribution < 1.29 is 4.74 Å². The number of hydrogen-bond acceptors (Lipinski definition) is 3. The maximum atomic E-state index is 6.77. The first-order valence-corrected chi connectivity index (χ1v) is 18.7. The second-order valence-corrected chi connectivity index (χ2v) is 16.4. The average Bonchev–Trinajstić information content (AvgIpc) is 3.56. The van der Waals surface area contributed by atoms with Crippen LogP contribution in [0.25, 0.3) is 44.4 Å². The van der Waals surface area contributed by atoms with Crippen molar-refractivity contribution in [3.63, 3.8) is 0 Å². The normalized spacial score (nSPS) is 12.2. The van der Waals surface area contributed by atoms with Crippen molar-refractivity contribution >= 4 is 21.8 Å². The van der Waals surface area contributed by atoms with Crippen LogP contribution >= 0.6 is 0 Å². The predicted octanol–water partition coefficient (Wildman–Crippen LogP) is 12.7. The van der Waals surface area contributed by atoms with Crippen LogP contribution in [0.1, 0.15) is 93.6 Å². The minimum Gasteiger partial charge on any atom is -0.457 e. The van der Waals surface area contributed by atoms with Gasteiger partial charge in [-0.25, -0.2) is 9.67 Å². The number of fused-ring (bicyclic) bond motifs is 3. The summed E-state index contributed by atoms with van der Waals surface area (Å²) >= 11 is 0. The van der Waals surface area contributed by atoms with Crippen LogP contribution in [0.15, 0.2) is 91.1 Å². The van der Waals surface area contributed by atoms with Crippen molar-refractivity contribution in [1.29, 1.82) is 0 Å². The molecule has 266 valence electrons. The fourth-order valence-corrected chi connectivity index (χ4v) is 7.75. The topological polar surface area (TPSA) is 44.9 Å². The fourth-order valence-electron chi connectivity index (χ4n) is 7.75. The van der Waals surface area contributed by atoms with Gasteiger partial charge in [-0.1, -0.05) is 78.8 Å². The summed E-state index contributed by atoms with van der Waals surface area (Å²) in [5.41, 5.74) is 14.3. The summed E-state index contributed by atoms with van der Waals surface area (Å²) in [6, 6.07) is 30.6. The van der Waals surface area contributed by atoms with Gasteiger partial charge in [0.2, 0.25) is 0 Å². The maximum Gasteiger partial charge on any atom is 0.137 e. The molecule has 0 N–H and O–H groups in total. The second kappa shape index (κ2) is 13.4. The molecule has 7 rings (SSSR count). The van der Waals surface area contributed by atoms with E-state index < -0.39 is 0 Å². The van der Waals surface area contributed by atoms with E-state index in [0.717, 1.165) is 51.8 Å². The Morgan fingerprint density at radius 2 is 1.42 bits per heavy atom. The van der Waals surface area contributed by atoms with Crippen LogP contribution < -0.4 is 4.74 Å². The van der Waals surface area contributed by atoms with Crippen LogP contribution in [0.4, 0.5) is 0 Å². The minimum atomic E-state index is 0.0898. The Kier molecular flexibility index (Phi) is 9.10. The lowest BCUT2D eigenvalue weighted by Gasteiger charge is -2.22. The minimum absolute atomic E-state index is 0.0898. The number of benzene rings is 4. The Balaban J connectivity index is 1.31. The predicted molar refractivity (Wildman–Crippen MR) is 218 cm³/mol. The Labute approximate surface area is 309 Å². The van der Waals surface area contributed by atoms with Gasteiger partial charge in [0, 0.05) is 40.4 Å². The first-order chi connectivity index (χ1) is 24.7. The van der Waals surface area contributed by atoms with Gasteiger partial charge in [0.1, 0.15) is 17.3 Å². The van der Waals surface area contributed by atoms with E-state index in [1.165, 1.54) is 49.7 Å². The van der Waals surface area contributed by atoms with Crippen molar-refractivity contribution in [2.45, 2.75) is 93.9 Å². The molecular weight excluding hydrogens is 637 g/mol. The highest BCUT2D eigenvalue weighted by molar-refractivity contribution is 6.09. The van der Waals surface area contributed by atoms with Crippen LogP contribution in [0.5, 0.6) is 11.5 Å². The molecule has 0 aliphatic heterocycles. The van der Waals surface area contributed by atoms with E-state index in [1.807, 2.05) is 6.20 Å². The molecule has 0 amide bonds. The van der Waals surface area contributed by atoms with E-state index in [2.05, 4.69) is 170 Å². The number of rotatable bonds is 8. The number of ether oxygens (including phenoxy) is 1. The maximum absolute atomic E-state index is 6.77. The molecule has 52 heavy (non-hydrogen) atoms. The van der Waals surface area contributed by atoms with E-state index in [0.29, 0.717) is 11.8 Å². The smallest absolute Gasteiger partial charge is 0.137 e. The SMILES string of the molecule is Cc1cc(C(C)(C)C)cc(C)c1-c1c(C)nn(-c2cc(Oc3ccc4c5ccccc5n(-c5cc(CC(C)C)ccn5)c4c3)cc(C(C)C)c2)c1C. The molecule has 0 fully saturated rings. The molecule has 0 radical (unpaired) electrons. The summed E-state index contributed by atoms with van der Waals surface area (Å²) in [7, 11) is 0. The number of aromatic nitrogens is 4. The molecule has 0 aliphatic rings. The molecule has 0 unspecified atom stereocenters. The van der Waals surface area contributed by atoms with Gasteiger partial charge in [0.05, 0.1) is 22.4 Å². The van der Waals surface area contributed by atoms with Crippen LogP contribution in [-0.2, 0) is 11.8 Å². The molecule has 0 aliphatic carbocycles. The van der Waals surface area contributed by atoms with Gasteiger partial charge in [0.25, 0.3) is 0 Å². The summed E-state index contributed by atoms with van der Waals surface area (Å²) in [5.74, 6) is 3.36. The summed E-state index contributed by atoms with van der Waals surface area (Å²) in [5, 5.41) is 7.52. The molecule has 4 aromatic carbocycles. The number of para-hydroxylation sites is 1. The molecule has 0 saturated carbocycles. The van der Waals surface area contributed by atoms with E-state index in [-0.39, 0.29) is 5.41 Å². The zero-order chi connectivity index (χ0) is 37.1. The Morgan fingerprint density at radius 3 is 2.12 bits per heavy atom. The van der Waals surface area contributed by atoms with Crippen LogP contribution in [0.2, 0.25) is 0 Å². The van der Waals surface area contributed by atoms with Gasteiger partial charge in [-0.3, -0.25) is 4.57 Å². The van der Waals surface area contributed by atoms with E-state index in [9.17, 15) is 0 Å². The van der Waals surface area contributed by atoms with Gasteiger partial charge in [0.15, 0.2) is 0 Å². The van der Waals surface area contributed by atoms with E-state index >= 15 is 0 Å². The molecule has 0 spiro atoms. The Hall–Kier alpha value is -5.16. The largest absolute Gasteiger partial charge is 0.457 e. The summed E-state index contributed by atoms with van der Waals surface area (Å²) in [6.07, 6.45) is 2.94. The van der Waals surface area contributed by atoms with Gasteiger partial charge in [-0.15, -0.1) is 0 Å². The highest BCUT2D eigenvalue weighted by atomic mass is 16.5. The molecule has 5 heteroatoms. The number of nitrogens with zero attached hydrogens (tertiary/aromatic N) is 4. The zero-order valence-corrected chi connectivity index (χ0v) is 32.7. The highest BCUT2D eigenvalue weighted by Gasteiger charge is 2.23. The van der Waals surface area contributed by atoms with E-state index in [1.54, 1.807) is 0 Å². The third kappa shape index (κ3) is 6.53. The first kappa shape index (κ1) is 35.3. The number of pyridine rings is 1. The lowest BCUT2D eigenvalue weighted by Crippen LogP contribution is -2.12.